The van der Waals surface area contributed by atoms with Crippen LogP contribution < -0.4 is 5.73 Å². The van der Waals surface area contributed by atoms with Crippen LogP contribution >= 0.6 is 0 Å². The van der Waals surface area contributed by atoms with E-state index in [1.807, 2.05) is 0 Å². The van der Waals surface area contributed by atoms with Crippen molar-refractivity contribution in [1.29, 1.82) is 0 Å². The summed E-state index contributed by atoms with van der Waals surface area (Å²) in [5.74, 6) is 0. The zero-order chi connectivity index (χ0) is 13.2. The molecule has 2 radical (unpaired) electrons. The summed E-state index contributed by atoms with van der Waals surface area (Å²) in [5, 5.41) is 0. The first kappa shape index (κ1) is 13.3. The molecule has 0 amide bonds. The SMILES string of the molecule is [B]/C(C=NC1CC2(CCN(C(=C)C)CC2)C1)=C/N. The molecule has 2 fully saturated rings. The summed E-state index contributed by atoms with van der Waals surface area (Å²) in [7, 11) is 5.59. The second-order valence-corrected chi connectivity index (χ2v) is 5.73. The summed E-state index contributed by atoms with van der Waals surface area (Å²) in [4.78, 5) is 6.86. The normalized spacial score (nSPS) is 24.5. The molecule has 0 bridgehead atoms. The van der Waals surface area contributed by atoms with E-state index >= 15 is 0 Å². The van der Waals surface area contributed by atoms with Crippen molar-refractivity contribution >= 4 is 14.1 Å². The molecule has 0 atom stereocenters. The standard InChI is InChI=1S/C14H22BN3/c1-11(2)18-5-3-14(4-6-18)7-13(8-14)17-10-12(15)9-16/h9-10,13H,1,3-8,16H2,2H3/b12-9+,17-10?. The first-order chi connectivity index (χ1) is 8.54. The van der Waals surface area contributed by atoms with Crippen molar-refractivity contribution in [3.05, 3.63) is 23.9 Å². The molecule has 0 aromatic rings. The molecule has 1 aliphatic heterocycles. The Morgan fingerprint density at radius 1 is 1.44 bits per heavy atom. The number of hydrogen-bond acceptors (Lipinski definition) is 3. The predicted molar refractivity (Wildman–Crippen MR) is 77.6 cm³/mol. The largest absolute Gasteiger partial charge is 0.405 e. The van der Waals surface area contributed by atoms with E-state index in [-0.39, 0.29) is 0 Å². The van der Waals surface area contributed by atoms with E-state index in [2.05, 4.69) is 23.4 Å². The van der Waals surface area contributed by atoms with Gasteiger partial charge in [-0.2, -0.15) is 0 Å². The summed E-state index contributed by atoms with van der Waals surface area (Å²) in [5.41, 5.74) is 7.59. The van der Waals surface area contributed by atoms with Crippen LogP contribution in [0.5, 0.6) is 0 Å². The summed E-state index contributed by atoms with van der Waals surface area (Å²) < 4.78 is 0. The number of aliphatic imine (C=N–C) groups is 1. The van der Waals surface area contributed by atoms with Crippen LogP contribution in [0.4, 0.5) is 0 Å². The van der Waals surface area contributed by atoms with E-state index in [4.69, 9.17) is 13.6 Å². The van der Waals surface area contributed by atoms with Gasteiger partial charge in [0, 0.05) is 25.0 Å². The number of nitrogens with two attached hydrogens (primary N) is 1. The fourth-order valence-electron chi connectivity index (χ4n) is 3.05. The second kappa shape index (κ2) is 5.21. The van der Waals surface area contributed by atoms with Gasteiger partial charge < -0.3 is 10.6 Å². The lowest BCUT2D eigenvalue weighted by Gasteiger charge is -2.51. The Hall–Kier alpha value is -1.19. The van der Waals surface area contributed by atoms with Gasteiger partial charge in [-0.3, -0.25) is 4.99 Å². The third kappa shape index (κ3) is 2.79. The average Bonchev–Trinajstić information content (AvgIpc) is 2.33. The van der Waals surface area contributed by atoms with Crippen molar-refractivity contribution in [1.82, 2.24) is 4.90 Å². The van der Waals surface area contributed by atoms with Crippen LogP contribution in [0.25, 0.3) is 0 Å². The minimum atomic E-state index is 0.444. The molecule has 0 aromatic carbocycles. The molecule has 18 heavy (non-hydrogen) atoms. The molecule has 2 rings (SSSR count). The first-order valence-corrected chi connectivity index (χ1v) is 6.66. The van der Waals surface area contributed by atoms with Crippen molar-refractivity contribution in [2.24, 2.45) is 16.1 Å². The molecule has 1 saturated carbocycles. The molecule has 1 spiro atoms. The molecule has 4 heteroatoms. The van der Waals surface area contributed by atoms with E-state index in [0.29, 0.717) is 16.9 Å². The van der Waals surface area contributed by atoms with Crippen LogP contribution in [0.15, 0.2) is 28.9 Å². The van der Waals surface area contributed by atoms with Crippen molar-refractivity contribution < 1.29 is 0 Å². The summed E-state index contributed by atoms with van der Waals surface area (Å²) in [6.07, 6.45) is 8.03. The van der Waals surface area contributed by atoms with Gasteiger partial charge in [-0.15, -0.1) is 0 Å². The maximum atomic E-state index is 5.59. The van der Waals surface area contributed by atoms with Crippen molar-refractivity contribution in [2.75, 3.05) is 13.1 Å². The third-order valence-electron chi connectivity index (χ3n) is 4.33. The van der Waals surface area contributed by atoms with Crippen LogP contribution in [0.3, 0.4) is 0 Å². The second-order valence-electron chi connectivity index (χ2n) is 5.73. The first-order valence-electron chi connectivity index (χ1n) is 6.66. The Labute approximate surface area is 111 Å². The van der Waals surface area contributed by atoms with Gasteiger partial charge in [-0.1, -0.05) is 12.1 Å². The molecule has 0 unspecified atom stereocenters. The highest BCUT2D eigenvalue weighted by Crippen LogP contribution is 2.50. The summed E-state index contributed by atoms with van der Waals surface area (Å²) in [6.45, 7) is 8.40. The lowest BCUT2D eigenvalue weighted by molar-refractivity contribution is 0.0300. The number of likely N-dealkylation sites (tertiary alicyclic amines) is 1. The number of nitrogens with zero attached hydrogens (tertiary/aromatic N) is 2. The van der Waals surface area contributed by atoms with Gasteiger partial charge in [0.15, 0.2) is 0 Å². The van der Waals surface area contributed by atoms with Gasteiger partial charge >= 0.3 is 0 Å². The van der Waals surface area contributed by atoms with Crippen LogP contribution in [0.2, 0.25) is 0 Å². The van der Waals surface area contributed by atoms with E-state index in [0.717, 1.165) is 13.1 Å². The van der Waals surface area contributed by atoms with Gasteiger partial charge in [-0.25, -0.2) is 0 Å². The summed E-state index contributed by atoms with van der Waals surface area (Å²) >= 11 is 0. The molecule has 2 N–H and O–H groups in total. The maximum Gasteiger partial charge on any atom is 0.117 e. The molecule has 3 nitrogen and oxygen atoms in total. The minimum absolute atomic E-state index is 0.444. The Morgan fingerprint density at radius 3 is 2.56 bits per heavy atom. The summed E-state index contributed by atoms with van der Waals surface area (Å²) in [6, 6.07) is 0.444. The molecular formula is C14H22BN3. The third-order valence-corrected chi connectivity index (χ3v) is 4.33. The Morgan fingerprint density at radius 2 is 2.06 bits per heavy atom. The Balaban J connectivity index is 1.79. The highest BCUT2D eigenvalue weighted by molar-refractivity contribution is 6.32. The maximum absolute atomic E-state index is 5.59. The number of piperidine rings is 1. The lowest BCUT2D eigenvalue weighted by atomic mass is 9.60. The van der Waals surface area contributed by atoms with Gasteiger partial charge in [0.25, 0.3) is 0 Å². The smallest absolute Gasteiger partial charge is 0.117 e. The Bertz CT molecular complexity index is 371. The van der Waals surface area contributed by atoms with Gasteiger partial charge in [-0.05, 0) is 44.2 Å². The van der Waals surface area contributed by atoms with Crippen molar-refractivity contribution in [3.63, 3.8) is 0 Å². The van der Waals surface area contributed by atoms with Crippen molar-refractivity contribution in [2.45, 2.75) is 38.6 Å². The lowest BCUT2D eigenvalue weighted by Crippen LogP contribution is -2.48. The minimum Gasteiger partial charge on any atom is -0.405 e. The molecule has 1 saturated heterocycles. The Kier molecular flexibility index (Phi) is 3.83. The number of hydrogen-bond donors (Lipinski definition) is 1. The molecule has 1 heterocycles. The van der Waals surface area contributed by atoms with Crippen LogP contribution in [-0.2, 0) is 0 Å². The quantitative estimate of drug-likeness (QED) is 0.606. The zero-order valence-corrected chi connectivity index (χ0v) is 11.2. The predicted octanol–water partition coefficient (Wildman–Crippen LogP) is 1.80. The van der Waals surface area contributed by atoms with E-state index < -0.39 is 0 Å². The molecule has 2 aliphatic rings. The van der Waals surface area contributed by atoms with E-state index in [1.54, 1.807) is 6.21 Å². The van der Waals surface area contributed by atoms with E-state index in [9.17, 15) is 0 Å². The monoisotopic (exact) mass is 243 g/mol. The molecule has 1 aliphatic carbocycles. The fourth-order valence-corrected chi connectivity index (χ4v) is 3.05. The van der Waals surface area contributed by atoms with Crippen LogP contribution in [-0.4, -0.2) is 38.1 Å². The van der Waals surface area contributed by atoms with Gasteiger partial charge in [0.2, 0.25) is 0 Å². The van der Waals surface area contributed by atoms with E-state index in [1.165, 1.54) is 37.6 Å². The van der Waals surface area contributed by atoms with Gasteiger partial charge in [0.1, 0.15) is 7.85 Å². The topological polar surface area (TPSA) is 41.6 Å². The zero-order valence-electron chi connectivity index (χ0n) is 11.2. The molecular weight excluding hydrogens is 221 g/mol. The highest BCUT2D eigenvalue weighted by atomic mass is 15.1. The van der Waals surface area contributed by atoms with Gasteiger partial charge in [0.05, 0.1) is 6.04 Å². The number of allylic oxidation sites excluding steroid dienone is 2. The molecule has 96 valence electrons. The molecule has 0 aromatic heterocycles. The number of rotatable bonds is 3. The van der Waals surface area contributed by atoms with Crippen LogP contribution in [0.1, 0.15) is 32.6 Å². The highest BCUT2D eigenvalue weighted by Gasteiger charge is 2.45. The van der Waals surface area contributed by atoms with Crippen LogP contribution in [0, 0.1) is 5.41 Å². The average molecular weight is 243 g/mol. The van der Waals surface area contributed by atoms with Crippen molar-refractivity contribution in [3.8, 4) is 0 Å². The fraction of sp³-hybridized carbons (Fsp3) is 0.643.